The fourth-order valence-electron chi connectivity index (χ4n) is 2.31. The summed E-state index contributed by atoms with van der Waals surface area (Å²) in [7, 11) is 0. The molecule has 0 aliphatic heterocycles. The van der Waals surface area contributed by atoms with Crippen LogP contribution in [-0.4, -0.2) is 1.44 Å². The first-order valence-corrected chi connectivity index (χ1v) is 11.0. The number of rotatable bonds is 3. The Balaban J connectivity index is 0.000000368. The van der Waals surface area contributed by atoms with E-state index in [4.69, 9.17) is 0 Å². The molecule has 0 nitrogen and oxygen atoms in total. The van der Waals surface area contributed by atoms with Crippen molar-refractivity contribution < 1.29 is 0 Å². The van der Waals surface area contributed by atoms with E-state index in [0.717, 1.165) is 0 Å². The van der Waals surface area contributed by atoms with Crippen LogP contribution in [0.2, 0.25) is 0 Å². The number of halogens is 4. The van der Waals surface area contributed by atoms with E-state index in [-0.39, 0.29) is 0 Å². The van der Waals surface area contributed by atoms with Crippen molar-refractivity contribution in [1.82, 2.24) is 0 Å². The van der Waals surface area contributed by atoms with E-state index in [9.17, 15) is 0 Å². The molecule has 0 saturated carbocycles. The first kappa shape index (κ1) is 19.8. The summed E-state index contributed by atoms with van der Waals surface area (Å²) in [6.45, 7) is 0. The summed E-state index contributed by atoms with van der Waals surface area (Å²) in [6, 6.07) is 31.6. The van der Waals surface area contributed by atoms with E-state index in [2.05, 4.69) is 154 Å². The molecule has 0 aromatic heterocycles. The molecule has 3 aromatic rings. The maximum atomic E-state index is 3.19. The largest absolute Gasteiger partial charge is 0.311 e. The molecule has 0 aliphatic carbocycles. The number of benzene rings is 3. The van der Waals surface area contributed by atoms with Crippen LogP contribution in [0.5, 0.6) is 0 Å². The lowest BCUT2D eigenvalue weighted by molar-refractivity contribution is 1.23. The normalized spacial score (nSPS) is 10.5. The van der Waals surface area contributed by atoms with Crippen LogP contribution in [0.3, 0.4) is 0 Å². The Bertz CT molecular complexity index is 613. The molecule has 0 fully saturated rings. The molecule has 24 heavy (non-hydrogen) atoms. The van der Waals surface area contributed by atoms with Crippen molar-refractivity contribution in [3.05, 3.63) is 114 Å². The molecule has 5 heteroatoms. The molecule has 122 valence electrons. The third-order valence-electron chi connectivity index (χ3n) is 3.19. The summed E-state index contributed by atoms with van der Waals surface area (Å²) < 4.78 is -0.750. The lowest BCUT2D eigenvalue weighted by Crippen LogP contribution is -2.03. The highest BCUT2D eigenvalue weighted by atomic mass is 80.0. The molecular weight excluding hydrogens is 559 g/mol. The second-order valence-corrected chi connectivity index (χ2v) is 17.8. The molecule has 0 aliphatic rings. The first-order chi connectivity index (χ1) is 11.4. The molecule has 0 atom stereocenters. The maximum Gasteiger partial charge on any atom is 0.246 e. The molecule has 0 spiro atoms. The standard InChI is InChI=1S/C19H15.BBr4/c1-4-10-16(11-5-1)19(17-12-6-2-7-13-17)18-14-8-3-9-15-18;2-1(3,4)5/h1-15H;/q+1;-1. The Hall–Kier alpha value is -0.485. The molecular formula is C19H15BBr4. The fourth-order valence-corrected chi connectivity index (χ4v) is 2.31. The van der Waals surface area contributed by atoms with Crippen LogP contribution in [0, 0.1) is 5.92 Å². The quantitative estimate of drug-likeness (QED) is 0.171. The van der Waals surface area contributed by atoms with Crippen molar-refractivity contribution >= 4 is 64.5 Å². The van der Waals surface area contributed by atoms with Gasteiger partial charge in [0.2, 0.25) is 1.44 Å². The van der Waals surface area contributed by atoms with Crippen molar-refractivity contribution in [1.29, 1.82) is 0 Å². The SMILES string of the molecule is Br[B-](Br)(Br)Br.c1ccc([C+](c2ccccc2)c2ccccc2)cc1. The second-order valence-electron chi connectivity index (χ2n) is 4.97. The average molecular weight is 574 g/mol. The van der Waals surface area contributed by atoms with Crippen molar-refractivity contribution in [2.75, 3.05) is 0 Å². The predicted molar refractivity (Wildman–Crippen MR) is 121 cm³/mol. The molecule has 3 rings (SSSR count). The van der Waals surface area contributed by atoms with Crippen LogP contribution in [0.4, 0.5) is 0 Å². The van der Waals surface area contributed by atoms with Gasteiger partial charge in [-0.05, 0) is 72.8 Å². The molecule has 3 aromatic carbocycles. The predicted octanol–water partition coefficient (Wildman–Crippen LogP) is 7.71. The zero-order chi connectivity index (χ0) is 17.4. The number of hydrogen-bond donors (Lipinski definition) is 0. The molecule has 0 saturated heterocycles. The van der Waals surface area contributed by atoms with Crippen LogP contribution >= 0.6 is 63.0 Å². The lowest BCUT2D eigenvalue weighted by Gasteiger charge is -2.12. The van der Waals surface area contributed by atoms with Gasteiger partial charge in [-0.15, -0.1) is 0 Å². The minimum Gasteiger partial charge on any atom is -0.311 e. The molecule has 0 amide bonds. The molecule has 0 bridgehead atoms. The van der Waals surface area contributed by atoms with E-state index in [1.54, 1.807) is 0 Å². The Morgan fingerprint density at radius 2 is 0.667 bits per heavy atom. The van der Waals surface area contributed by atoms with Gasteiger partial charge in [-0.25, -0.2) is 0 Å². The van der Waals surface area contributed by atoms with Gasteiger partial charge >= 0.3 is 0 Å². The fraction of sp³-hybridized carbons (Fsp3) is 0. The Labute approximate surface area is 176 Å². The van der Waals surface area contributed by atoms with Gasteiger partial charge in [0.05, 0.1) is 22.6 Å². The third-order valence-corrected chi connectivity index (χ3v) is 3.19. The summed E-state index contributed by atoms with van der Waals surface area (Å²) in [5.41, 5.74) is 3.75. The summed E-state index contributed by atoms with van der Waals surface area (Å²) in [6.07, 6.45) is 0. The summed E-state index contributed by atoms with van der Waals surface area (Å²) >= 11 is 12.8. The second kappa shape index (κ2) is 9.86. The summed E-state index contributed by atoms with van der Waals surface area (Å²) in [4.78, 5) is 0. The molecule has 0 N–H and O–H groups in total. The van der Waals surface area contributed by atoms with E-state index < -0.39 is 1.44 Å². The lowest BCUT2D eigenvalue weighted by atomic mass is 9.85. The van der Waals surface area contributed by atoms with Crippen LogP contribution in [0.25, 0.3) is 0 Å². The van der Waals surface area contributed by atoms with Crippen LogP contribution in [0.1, 0.15) is 16.7 Å². The molecule has 0 heterocycles. The van der Waals surface area contributed by atoms with Gasteiger partial charge in [-0.3, -0.25) is 0 Å². The topological polar surface area (TPSA) is 0 Å². The van der Waals surface area contributed by atoms with Crippen LogP contribution < -0.4 is 0 Å². The number of hydrogen-bond acceptors (Lipinski definition) is 0. The van der Waals surface area contributed by atoms with E-state index in [0.29, 0.717) is 0 Å². The van der Waals surface area contributed by atoms with Crippen molar-refractivity contribution in [3.63, 3.8) is 0 Å². The van der Waals surface area contributed by atoms with Gasteiger partial charge in [-0.1, -0.05) is 18.2 Å². The van der Waals surface area contributed by atoms with Gasteiger partial charge in [0, 0.05) is 0 Å². The molecule has 0 radical (unpaired) electrons. The van der Waals surface area contributed by atoms with E-state index in [1.807, 2.05) is 0 Å². The Kier molecular flexibility index (Phi) is 8.15. The van der Waals surface area contributed by atoms with Crippen LogP contribution in [-0.2, 0) is 0 Å². The average Bonchev–Trinajstić information content (AvgIpc) is 2.57. The zero-order valence-corrected chi connectivity index (χ0v) is 19.1. The zero-order valence-electron chi connectivity index (χ0n) is 12.7. The van der Waals surface area contributed by atoms with Crippen LogP contribution in [0.15, 0.2) is 91.0 Å². The Morgan fingerprint density at radius 3 is 0.875 bits per heavy atom. The summed E-state index contributed by atoms with van der Waals surface area (Å²) in [5.74, 6) is 1.28. The highest BCUT2D eigenvalue weighted by Crippen LogP contribution is 2.33. The van der Waals surface area contributed by atoms with Gasteiger partial charge < -0.3 is 63.0 Å². The first-order valence-electron chi connectivity index (χ1n) is 7.35. The van der Waals surface area contributed by atoms with Gasteiger partial charge in [0.1, 0.15) is 0 Å². The minimum absolute atomic E-state index is 0.750. The van der Waals surface area contributed by atoms with Crippen molar-refractivity contribution in [2.45, 2.75) is 0 Å². The highest BCUT2D eigenvalue weighted by Gasteiger charge is 2.21. The third kappa shape index (κ3) is 7.18. The smallest absolute Gasteiger partial charge is 0.246 e. The highest BCUT2D eigenvalue weighted by molar-refractivity contribution is 9.90. The van der Waals surface area contributed by atoms with Crippen molar-refractivity contribution in [3.8, 4) is 0 Å². The van der Waals surface area contributed by atoms with Gasteiger partial charge in [0.25, 0.3) is 0 Å². The van der Waals surface area contributed by atoms with Crippen molar-refractivity contribution in [2.24, 2.45) is 0 Å². The Morgan fingerprint density at radius 1 is 0.458 bits per heavy atom. The van der Waals surface area contributed by atoms with E-state index in [1.165, 1.54) is 22.6 Å². The summed E-state index contributed by atoms with van der Waals surface area (Å²) in [5, 5.41) is 0. The maximum absolute atomic E-state index is 3.19. The van der Waals surface area contributed by atoms with Gasteiger partial charge in [0.15, 0.2) is 0 Å². The van der Waals surface area contributed by atoms with Gasteiger partial charge in [-0.2, -0.15) is 0 Å². The molecule has 0 unspecified atom stereocenters. The van der Waals surface area contributed by atoms with E-state index >= 15 is 0 Å². The minimum atomic E-state index is -0.750. The monoisotopic (exact) mass is 570 g/mol.